The molecule has 1 heterocycles. The van der Waals surface area contributed by atoms with E-state index in [0.717, 1.165) is 17.2 Å². The third-order valence-electron chi connectivity index (χ3n) is 4.50. The fraction of sp³-hybridized carbons (Fsp3) is 0.389. The number of carbonyl (C=O) groups is 2. The highest BCUT2D eigenvalue weighted by molar-refractivity contribution is 6.30. The smallest absolute Gasteiger partial charge is 0.252 e. The number of amides is 2. The van der Waals surface area contributed by atoms with Crippen LogP contribution in [0.3, 0.4) is 0 Å². The molecule has 2 amide bonds. The van der Waals surface area contributed by atoms with Crippen molar-refractivity contribution in [1.29, 1.82) is 0 Å². The molecule has 1 saturated carbocycles. The minimum absolute atomic E-state index is 0.0556. The zero-order chi connectivity index (χ0) is 19.6. The van der Waals surface area contributed by atoms with Gasteiger partial charge in [-0.15, -0.1) is 0 Å². The fourth-order valence-corrected chi connectivity index (χ4v) is 3.44. The molecule has 1 aromatic rings. The molecule has 9 heteroatoms. The van der Waals surface area contributed by atoms with Crippen LogP contribution in [0.15, 0.2) is 41.2 Å². The molecule has 0 bridgehead atoms. The molecule has 0 spiro atoms. The first kappa shape index (κ1) is 19.4. The number of nitrogens with zero attached hydrogens (tertiary/aromatic N) is 2. The molecule has 0 aliphatic heterocycles. The molecule has 0 aromatic carbocycles. The Hall–Kier alpha value is -2.35. The Morgan fingerprint density at radius 2 is 2.15 bits per heavy atom. The molecule has 3 rings (SSSR count). The molecule has 0 radical (unpaired) electrons. The maximum atomic E-state index is 13.6. The maximum absolute atomic E-state index is 13.6. The Morgan fingerprint density at radius 3 is 2.74 bits per heavy atom. The Balaban J connectivity index is 1.93. The van der Waals surface area contributed by atoms with E-state index in [1.54, 1.807) is 12.2 Å². The van der Waals surface area contributed by atoms with Crippen LogP contribution in [0, 0.1) is 5.82 Å². The van der Waals surface area contributed by atoms with E-state index in [9.17, 15) is 22.8 Å². The highest BCUT2D eigenvalue weighted by atomic mass is 35.5. The summed E-state index contributed by atoms with van der Waals surface area (Å²) >= 11 is 6.27. The Kier molecular flexibility index (Phi) is 5.55. The van der Waals surface area contributed by atoms with Crippen molar-refractivity contribution in [3.05, 3.63) is 47.0 Å². The number of pyridine rings is 1. The number of nitrogens with one attached hydrogen (secondary N) is 1. The third-order valence-corrected chi connectivity index (χ3v) is 4.91. The normalized spacial score (nSPS) is 20.0. The van der Waals surface area contributed by atoms with Crippen LogP contribution in [-0.2, 0) is 9.59 Å². The molecule has 2 aliphatic carbocycles. The van der Waals surface area contributed by atoms with Gasteiger partial charge in [-0.2, -0.15) is 0 Å². The first-order valence-corrected chi connectivity index (χ1v) is 8.76. The zero-order valence-electron chi connectivity index (χ0n) is 14.2. The van der Waals surface area contributed by atoms with Gasteiger partial charge in [0.2, 0.25) is 12.3 Å². The van der Waals surface area contributed by atoms with E-state index in [1.165, 1.54) is 6.20 Å². The van der Waals surface area contributed by atoms with E-state index in [2.05, 4.69) is 10.3 Å². The SMILES string of the molecule is O=CN(c1cncc(F)c1)C(C(=O)NC1CC(F)(F)C1)C1=C(Cl)CCC=C1. The molecule has 1 fully saturated rings. The lowest BCUT2D eigenvalue weighted by atomic mass is 9.87. The van der Waals surface area contributed by atoms with Gasteiger partial charge in [-0.25, -0.2) is 13.2 Å². The van der Waals surface area contributed by atoms with Gasteiger partial charge in [0.05, 0.1) is 18.1 Å². The lowest BCUT2D eigenvalue weighted by molar-refractivity contribution is -0.130. The summed E-state index contributed by atoms with van der Waals surface area (Å²) in [6, 6.07) is -0.856. The number of anilines is 1. The number of alkyl halides is 2. The van der Waals surface area contributed by atoms with Crippen LogP contribution < -0.4 is 10.2 Å². The molecular weight excluding hydrogens is 383 g/mol. The van der Waals surface area contributed by atoms with Gasteiger partial charge in [-0.05, 0) is 18.4 Å². The van der Waals surface area contributed by atoms with E-state index >= 15 is 0 Å². The predicted octanol–water partition coefficient (Wildman–Crippen LogP) is 3.31. The summed E-state index contributed by atoms with van der Waals surface area (Å²) in [5.41, 5.74) is 0.419. The number of carbonyl (C=O) groups excluding carboxylic acids is 2. The molecule has 2 aliphatic rings. The standard InChI is InChI=1S/C18H17ClF3N3O2/c19-15-4-2-1-3-14(15)16(17(27)24-12-6-18(21,22)7-12)25(10-26)13-5-11(20)8-23-9-13/h1,3,5,8-10,12,16H,2,4,6-7H2,(H,24,27). The van der Waals surface area contributed by atoms with Crippen LogP contribution in [-0.4, -0.2) is 35.3 Å². The van der Waals surface area contributed by atoms with Crippen molar-refractivity contribution in [2.45, 2.75) is 43.7 Å². The van der Waals surface area contributed by atoms with Crippen molar-refractivity contribution < 1.29 is 22.8 Å². The van der Waals surface area contributed by atoms with Crippen LogP contribution in [0.5, 0.6) is 0 Å². The van der Waals surface area contributed by atoms with Crippen molar-refractivity contribution in [3.8, 4) is 0 Å². The van der Waals surface area contributed by atoms with Gasteiger partial charge in [0.15, 0.2) is 0 Å². The average molecular weight is 400 g/mol. The number of hydrogen-bond acceptors (Lipinski definition) is 3. The summed E-state index contributed by atoms with van der Waals surface area (Å²) in [4.78, 5) is 29.3. The number of aromatic nitrogens is 1. The summed E-state index contributed by atoms with van der Waals surface area (Å²) in [5.74, 6) is -4.14. The first-order valence-electron chi connectivity index (χ1n) is 8.38. The quantitative estimate of drug-likeness (QED) is 0.746. The second kappa shape index (κ2) is 7.72. The number of allylic oxidation sites excluding steroid dienone is 2. The third kappa shape index (κ3) is 4.32. The summed E-state index contributed by atoms with van der Waals surface area (Å²) in [6.07, 6.45) is 6.21. The highest BCUT2D eigenvalue weighted by Crippen LogP contribution is 2.38. The Morgan fingerprint density at radius 1 is 1.41 bits per heavy atom. The van der Waals surface area contributed by atoms with Crippen LogP contribution >= 0.6 is 11.6 Å². The summed E-state index contributed by atoms with van der Waals surface area (Å²) in [5, 5.41) is 2.91. The van der Waals surface area contributed by atoms with Crippen LogP contribution in [0.1, 0.15) is 25.7 Å². The molecular formula is C18H17ClF3N3O2. The van der Waals surface area contributed by atoms with Gasteiger partial charge in [-0.3, -0.25) is 19.5 Å². The molecule has 1 atom stereocenters. The van der Waals surface area contributed by atoms with Gasteiger partial charge < -0.3 is 5.32 Å². The maximum Gasteiger partial charge on any atom is 0.252 e. The number of rotatable bonds is 6. The number of halogens is 4. The van der Waals surface area contributed by atoms with Gasteiger partial charge in [0.1, 0.15) is 11.9 Å². The minimum atomic E-state index is -2.80. The fourth-order valence-electron chi connectivity index (χ4n) is 3.17. The largest absolute Gasteiger partial charge is 0.351 e. The summed E-state index contributed by atoms with van der Waals surface area (Å²) in [7, 11) is 0. The Labute approximate surface area is 158 Å². The van der Waals surface area contributed by atoms with E-state index < -0.39 is 42.6 Å². The van der Waals surface area contributed by atoms with Gasteiger partial charge in [-0.1, -0.05) is 23.8 Å². The lowest BCUT2D eigenvalue weighted by Crippen LogP contribution is -2.56. The minimum Gasteiger partial charge on any atom is -0.351 e. The lowest BCUT2D eigenvalue weighted by Gasteiger charge is -2.37. The second-order valence-corrected chi connectivity index (χ2v) is 7.00. The highest BCUT2D eigenvalue weighted by Gasteiger charge is 2.47. The first-order chi connectivity index (χ1) is 12.8. The van der Waals surface area contributed by atoms with E-state index in [4.69, 9.17) is 11.6 Å². The van der Waals surface area contributed by atoms with Gasteiger partial charge >= 0.3 is 0 Å². The van der Waals surface area contributed by atoms with E-state index in [0.29, 0.717) is 29.9 Å². The molecule has 5 nitrogen and oxygen atoms in total. The van der Waals surface area contributed by atoms with Crippen molar-refractivity contribution in [3.63, 3.8) is 0 Å². The zero-order valence-corrected chi connectivity index (χ0v) is 14.9. The van der Waals surface area contributed by atoms with Crippen LogP contribution in [0.4, 0.5) is 18.9 Å². The second-order valence-electron chi connectivity index (χ2n) is 6.55. The van der Waals surface area contributed by atoms with Crippen molar-refractivity contribution in [2.75, 3.05) is 4.90 Å². The summed E-state index contributed by atoms with van der Waals surface area (Å²) in [6.45, 7) is 0. The van der Waals surface area contributed by atoms with Crippen LogP contribution in [0.2, 0.25) is 0 Å². The summed E-state index contributed by atoms with van der Waals surface area (Å²) < 4.78 is 39.7. The van der Waals surface area contributed by atoms with Gasteiger partial charge in [0, 0.05) is 30.0 Å². The molecule has 1 unspecified atom stereocenters. The van der Waals surface area contributed by atoms with E-state index in [1.807, 2.05) is 0 Å². The topological polar surface area (TPSA) is 62.3 Å². The monoisotopic (exact) mass is 399 g/mol. The van der Waals surface area contributed by atoms with Crippen molar-refractivity contribution >= 4 is 29.6 Å². The molecule has 0 saturated heterocycles. The predicted molar refractivity (Wildman–Crippen MR) is 93.9 cm³/mol. The van der Waals surface area contributed by atoms with Gasteiger partial charge in [0.25, 0.3) is 5.92 Å². The van der Waals surface area contributed by atoms with Crippen molar-refractivity contribution in [1.82, 2.24) is 10.3 Å². The van der Waals surface area contributed by atoms with E-state index in [-0.39, 0.29) is 5.69 Å². The average Bonchev–Trinajstić information content (AvgIpc) is 2.58. The number of hydrogen-bond donors (Lipinski definition) is 1. The molecule has 1 aromatic heterocycles. The Bertz CT molecular complexity index is 805. The molecule has 144 valence electrons. The van der Waals surface area contributed by atoms with Crippen molar-refractivity contribution in [2.24, 2.45) is 0 Å². The molecule has 27 heavy (non-hydrogen) atoms. The van der Waals surface area contributed by atoms with Crippen LogP contribution in [0.25, 0.3) is 0 Å². The molecule has 1 N–H and O–H groups in total.